The number of carbonyl (C=O) groups is 1. The third-order valence-corrected chi connectivity index (χ3v) is 4.26. The van der Waals surface area contributed by atoms with Crippen molar-refractivity contribution < 1.29 is 9.90 Å². The van der Waals surface area contributed by atoms with Crippen molar-refractivity contribution in [1.82, 2.24) is 0 Å². The van der Waals surface area contributed by atoms with Crippen LogP contribution in [0.15, 0.2) is 18.2 Å². The number of aliphatic hydroxyl groups is 1. The maximum atomic E-state index is 12.0. The van der Waals surface area contributed by atoms with E-state index in [9.17, 15) is 4.79 Å². The summed E-state index contributed by atoms with van der Waals surface area (Å²) in [5.74, 6) is 7.72. The molecule has 1 aliphatic rings. The molecule has 0 radical (unpaired) electrons. The Morgan fingerprint density at radius 3 is 3.05 bits per heavy atom. The first-order chi connectivity index (χ1) is 9.20. The zero-order chi connectivity index (χ0) is 13.7. The fraction of sp³-hybridized carbons (Fsp3) is 0.400. The number of nitrogens with one attached hydrogen (secondary N) is 1. The Kier molecular flexibility index (Phi) is 4.89. The molecule has 2 N–H and O–H groups in total. The summed E-state index contributed by atoms with van der Waals surface area (Å²) in [7, 11) is 0. The van der Waals surface area contributed by atoms with E-state index in [4.69, 9.17) is 5.11 Å². The van der Waals surface area contributed by atoms with Gasteiger partial charge in [-0.3, -0.25) is 4.79 Å². The summed E-state index contributed by atoms with van der Waals surface area (Å²) in [4.78, 5) is 12.0. The molecule has 2 rings (SSSR count). The van der Waals surface area contributed by atoms with Crippen LogP contribution in [0.2, 0.25) is 0 Å². The Bertz CT molecular complexity index is 525. The van der Waals surface area contributed by atoms with Crippen LogP contribution in [0.1, 0.15) is 17.5 Å². The van der Waals surface area contributed by atoms with Crippen LogP contribution >= 0.6 is 11.8 Å². The predicted molar refractivity (Wildman–Crippen MR) is 79.2 cm³/mol. The van der Waals surface area contributed by atoms with Crippen molar-refractivity contribution in [1.29, 1.82) is 0 Å². The van der Waals surface area contributed by atoms with Crippen LogP contribution in [0, 0.1) is 24.7 Å². The second kappa shape index (κ2) is 6.65. The average Bonchev–Trinajstić information content (AvgIpc) is 2.93. The number of carbonyl (C=O) groups excluding carboxylic acids is 1. The first kappa shape index (κ1) is 14.0. The van der Waals surface area contributed by atoms with E-state index in [1.165, 1.54) is 0 Å². The van der Waals surface area contributed by atoms with Gasteiger partial charge in [-0.05, 0) is 42.9 Å². The minimum absolute atomic E-state index is 0.113. The lowest BCUT2D eigenvalue weighted by atomic mass is 10.1. The summed E-state index contributed by atoms with van der Waals surface area (Å²) in [6, 6.07) is 5.65. The number of hydrogen-bond donors (Lipinski definition) is 2. The van der Waals surface area contributed by atoms with E-state index in [0.29, 0.717) is 0 Å². The SMILES string of the molecule is Cc1cc(C#CCO)ccc1NC(=O)C1CCSC1. The van der Waals surface area contributed by atoms with E-state index in [2.05, 4.69) is 17.2 Å². The average molecular weight is 275 g/mol. The van der Waals surface area contributed by atoms with Gasteiger partial charge in [0.2, 0.25) is 5.91 Å². The van der Waals surface area contributed by atoms with Crippen LogP contribution in [-0.2, 0) is 4.79 Å². The highest BCUT2D eigenvalue weighted by atomic mass is 32.2. The van der Waals surface area contributed by atoms with Crippen LogP contribution in [0.3, 0.4) is 0 Å². The topological polar surface area (TPSA) is 49.3 Å². The molecule has 0 aromatic heterocycles. The Morgan fingerprint density at radius 2 is 2.42 bits per heavy atom. The fourth-order valence-electron chi connectivity index (χ4n) is 2.00. The Hall–Kier alpha value is -1.44. The Labute approximate surface area is 117 Å². The number of hydrogen-bond acceptors (Lipinski definition) is 3. The van der Waals surface area contributed by atoms with Gasteiger partial charge in [-0.1, -0.05) is 11.8 Å². The molecule has 3 nitrogen and oxygen atoms in total. The lowest BCUT2D eigenvalue weighted by molar-refractivity contribution is -0.119. The molecule has 0 spiro atoms. The smallest absolute Gasteiger partial charge is 0.228 e. The summed E-state index contributed by atoms with van der Waals surface area (Å²) in [6.07, 6.45) is 0.968. The molecule has 1 heterocycles. The van der Waals surface area contributed by atoms with Crippen molar-refractivity contribution in [2.24, 2.45) is 5.92 Å². The molecule has 1 aliphatic heterocycles. The molecule has 4 heteroatoms. The molecule has 100 valence electrons. The lowest BCUT2D eigenvalue weighted by Crippen LogP contribution is -2.22. The summed E-state index contributed by atoms with van der Waals surface area (Å²) in [5.41, 5.74) is 2.68. The molecule has 1 aromatic rings. The highest BCUT2D eigenvalue weighted by Gasteiger charge is 2.23. The van der Waals surface area contributed by atoms with Gasteiger partial charge in [0, 0.05) is 22.9 Å². The van der Waals surface area contributed by atoms with Crippen LogP contribution in [0.5, 0.6) is 0 Å². The highest BCUT2D eigenvalue weighted by Crippen LogP contribution is 2.25. The summed E-state index contributed by atoms with van der Waals surface area (Å²) in [6.45, 7) is 1.81. The van der Waals surface area contributed by atoms with Crippen molar-refractivity contribution >= 4 is 23.4 Å². The van der Waals surface area contributed by atoms with Gasteiger partial charge in [0.05, 0.1) is 0 Å². The third kappa shape index (κ3) is 3.76. The largest absolute Gasteiger partial charge is 0.384 e. The molecule has 1 saturated heterocycles. The van der Waals surface area contributed by atoms with Gasteiger partial charge in [0.15, 0.2) is 0 Å². The normalized spacial score (nSPS) is 17.7. The summed E-state index contributed by atoms with van der Waals surface area (Å²) >= 11 is 1.83. The van der Waals surface area contributed by atoms with E-state index < -0.39 is 0 Å². The monoisotopic (exact) mass is 275 g/mol. The molecule has 1 amide bonds. The number of benzene rings is 1. The maximum Gasteiger partial charge on any atom is 0.228 e. The molecule has 1 atom stereocenters. The second-order valence-corrected chi connectivity index (χ2v) is 5.69. The van der Waals surface area contributed by atoms with Crippen LogP contribution in [0.4, 0.5) is 5.69 Å². The predicted octanol–water partition coefficient (Wildman–Crippen LogP) is 2.03. The van der Waals surface area contributed by atoms with Crippen molar-refractivity contribution in [3.8, 4) is 11.8 Å². The number of thioether (sulfide) groups is 1. The first-order valence-corrected chi connectivity index (χ1v) is 7.45. The lowest BCUT2D eigenvalue weighted by Gasteiger charge is -2.12. The van der Waals surface area contributed by atoms with Crippen LogP contribution in [0.25, 0.3) is 0 Å². The molecule has 0 saturated carbocycles. The number of aryl methyl sites for hydroxylation is 1. The number of aliphatic hydroxyl groups excluding tert-OH is 1. The highest BCUT2D eigenvalue weighted by molar-refractivity contribution is 7.99. The number of amides is 1. The zero-order valence-electron chi connectivity index (χ0n) is 10.9. The van der Waals surface area contributed by atoms with E-state index in [0.717, 1.165) is 34.7 Å². The molecule has 1 unspecified atom stereocenters. The van der Waals surface area contributed by atoms with Crippen LogP contribution < -0.4 is 5.32 Å². The summed E-state index contributed by atoms with van der Waals surface area (Å²) in [5, 5.41) is 11.6. The molecule has 0 bridgehead atoms. The van der Waals surface area contributed by atoms with Gasteiger partial charge >= 0.3 is 0 Å². The molecule has 1 aromatic carbocycles. The van der Waals surface area contributed by atoms with Gasteiger partial charge in [-0.2, -0.15) is 11.8 Å². The Morgan fingerprint density at radius 1 is 1.58 bits per heavy atom. The van der Waals surface area contributed by atoms with Gasteiger partial charge < -0.3 is 10.4 Å². The van der Waals surface area contributed by atoms with Crippen molar-refractivity contribution in [2.75, 3.05) is 23.4 Å². The van der Waals surface area contributed by atoms with Gasteiger partial charge in [-0.25, -0.2) is 0 Å². The minimum atomic E-state index is -0.142. The van der Waals surface area contributed by atoms with Crippen molar-refractivity contribution in [3.05, 3.63) is 29.3 Å². The standard InChI is InChI=1S/C15H17NO2S/c1-11-9-12(3-2-7-17)4-5-14(11)16-15(18)13-6-8-19-10-13/h4-5,9,13,17H,6-8,10H2,1H3,(H,16,18). The zero-order valence-corrected chi connectivity index (χ0v) is 11.7. The van der Waals surface area contributed by atoms with Gasteiger partial charge in [0.25, 0.3) is 0 Å². The quantitative estimate of drug-likeness (QED) is 0.812. The van der Waals surface area contributed by atoms with Gasteiger partial charge in [0.1, 0.15) is 6.61 Å². The number of rotatable bonds is 2. The maximum absolute atomic E-state index is 12.0. The molecular formula is C15H17NO2S. The minimum Gasteiger partial charge on any atom is -0.384 e. The summed E-state index contributed by atoms with van der Waals surface area (Å²) < 4.78 is 0. The van der Waals surface area contributed by atoms with E-state index in [1.54, 1.807) is 0 Å². The molecule has 19 heavy (non-hydrogen) atoms. The first-order valence-electron chi connectivity index (χ1n) is 6.29. The Balaban J connectivity index is 2.06. The van der Waals surface area contributed by atoms with Crippen molar-refractivity contribution in [2.45, 2.75) is 13.3 Å². The fourth-order valence-corrected chi connectivity index (χ4v) is 3.22. The van der Waals surface area contributed by atoms with E-state index >= 15 is 0 Å². The second-order valence-electron chi connectivity index (χ2n) is 4.54. The van der Waals surface area contributed by atoms with Crippen LogP contribution in [-0.4, -0.2) is 29.1 Å². The number of anilines is 1. The molecule has 1 fully saturated rings. The van der Waals surface area contributed by atoms with E-state index in [1.807, 2.05) is 36.9 Å². The third-order valence-electron chi connectivity index (χ3n) is 3.10. The van der Waals surface area contributed by atoms with Gasteiger partial charge in [-0.15, -0.1) is 0 Å². The molecule has 0 aliphatic carbocycles. The molecular weight excluding hydrogens is 258 g/mol. The van der Waals surface area contributed by atoms with E-state index in [-0.39, 0.29) is 18.4 Å². The van der Waals surface area contributed by atoms with Crippen molar-refractivity contribution in [3.63, 3.8) is 0 Å².